The number of hydrogen-bond acceptors (Lipinski definition) is 4. The van der Waals surface area contributed by atoms with E-state index in [1.807, 2.05) is 24.3 Å². The Bertz CT molecular complexity index is 676. The first-order valence-corrected chi connectivity index (χ1v) is 6.68. The van der Waals surface area contributed by atoms with Crippen molar-refractivity contribution in [1.82, 2.24) is 15.3 Å². The molecule has 0 atom stereocenters. The van der Waals surface area contributed by atoms with Crippen LogP contribution in [0, 0.1) is 0 Å². The molecule has 3 rings (SSSR count). The second kappa shape index (κ2) is 5.16. The number of carbonyl (C=O) groups is 1. The summed E-state index contributed by atoms with van der Waals surface area (Å²) in [5.41, 5.74) is 1.39. The van der Waals surface area contributed by atoms with Crippen molar-refractivity contribution in [2.24, 2.45) is 0 Å². The summed E-state index contributed by atoms with van der Waals surface area (Å²) in [6.07, 6.45) is 1.60. The Hall–Kier alpha value is -2.27. The summed E-state index contributed by atoms with van der Waals surface area (Å²) < 4.78 is 1.13. The standard InChI is InChI=1S/C14H11N3OS/c18-14(11-6-3-4-8-15-11)16-9-13-17-10-5-1-2-7-12(10)19-13/h1-8H,9H2,(H,16,18). The van der Waals surface area contributed by atoms with Crippen LogP contribution in [0.1, 0.15) is 15.5 Å². The van der Waals surface area contributed by atoms with Crippen molar-refractivity contribution in [1.29, 1.82) is 0 Å². The maximum absolute atomic E-state index is 11.8. The monoisotopic (exact) mass is 269 g/mol. The van der Waals surface area contributed by atoms with Gasteiger partial charge in [-0.05, 0) is 24.3 Å². The Kier molecular flexibility index (Phi) is 3.20. The van der Waals surface area contributed by atoms with Gasteiger partial charge in [-0.15, -0.1) is 11.3 Å². The molecule has 0 aliphatic heterocycles. The fourth-order valence-corrected chi connectivity index (χ4v) is 2.65. The number of carbonyl (C=O) groups excluding carboxylic acids is 1. The molecule has 0 radical (unpaired) electrons. The molecule has 0 aliphatic rings. The number of benzene rings is 1. The number of nitrogens with zero attached hydrogens (tertiary/aromatic N) is 2. The highest BCUT2D eigenvalue weighted by atomic mass is 32.1. The molecular weight excluding hydrogens is 258 g/mol. The molecule has 0 fully saturated rings. The first-order chi connectivity index (χ1) is 9.33. The van der Waals surface area contributed by atoms with E-state index in [-0.39, 0.29) is 5.91 Å². The molecule has 0 saturated carbocycles. The van der Waals surface area contributed by atoms with Gasteiger partial charge in [-0.2, -0.15) is 0 Å². The quantitative estimate of drug-likeness (QED) is 0.795. The van der Waals surface area contributed by atoms with Crippen LogP contribution < -0.4 is 5.32 Å². The van der Waals surface area contributed by atoms with Crippen LogP contribution in [0.25, 0.3) is 10.2 Å². The van der Waals surface area contributed by atoms with Crippen LogP contribution in [-0.4, -0.2) is 15.9 Å². The fraction of sp³-hybridized carbons (Fsp3) is 0.0714. The van der Waals surface area contributed by atoms with E-state index in [0.717, 1.165) is 15.2 Å². The molecule has 4 nitrogen and oxygen atoms in total. The minimum atomic E-state index is -0.181. The highest BCUT2D eigenvalue weighted by Crippen LogP contribution is 2.21. The van der Waals surface area contributed by atoms with Gasteiger partial charge in [0.1, 0.15) is 10.7 Å². The van der Waals surface area contributed by atoms with E-state index in [1.54, 1.807) is 35.7 Å². The highest BCUT2D eigenvalue weighted by Gasteiger charge is 2.08. The van der Waals surface area contributed by atoms with E-state index in [9.17, 15) is 4.79 Å². The lowest BCUT2D eigenvalue weighted by molar-refractivity contribution is 0.0946. The Labute approximate surface area is 114 Å². The largest absolute Gasteiger partial charge is 0.344 e. The first-order valence-electron chi connectivity index (χ1n) is 5.86. The molecule has 19 heavy (non-hydrogen) atoms. The van der Waals surface area contributed by atoms with Crippen LogP contribution in [0.15, 0.2) is 48.7 Å². The maximum atomic E-state index is 11.8. The topological polar surface area (TPSA) is 54.9 Å². The number of hydrogen-bond donors (Lipinski definition) is 1. The number of amides is 1. The third-order valence-corrected chi connectivity index (χ3v) is 3.67. The molecule has 1 N–H and O–H groups in total. The summed E-state index contributed by atoms with van der Waals surface area (Å²) in [6, 6.07) is 13.2. The normalized spacial score (nSPS) is 10.5. The lowest BCUT2D eigenvalue weighted by Gasteiger charge is -2.01. The molecule has 1 aromatic carbocycles. The molecule has 3 aromatic rings. The fourth-order valence-electron chi connectivity index (χ4n) is 1.74. The number of pyridine rings is 1. The molecule has 0 saturated heterocycles. The van der Waals surface area contributed by atoms with Crippen molar-refractivity contribution in [3.8, 4) is 0 Å². The molecule has 0 aliphatic carbocycles. The lowest BCUT2D eigenvalue weighted by atomic mass is 10.3. The van der Waals surface area contributed by atoms with Gasteiger partial charge in [0.05, 0.1) is 16.8 Å². The van der Waals surface area contributed by atoms with Gasteiger partial charge < -0.3 is 5.32 Å². The molecule has 0 bridgehead atoms. The van der Waals surface area contributed by atoms with Crippen molar-refractivity contribution in [3.63, 3.8) is 0 Å². The van der Waals surface area contributed by atoms with Crippen molar-refractivity contribution < 1.29 is 4.79 Å². The van der Waals surface area contributed by atoms with Crippen LogP contribution in [0.5, 0.6) is 0 Å². The predicted octanol–water partition coefficient (Wildman–Crippen LogP) is 2.62. The first kappa shape index (κ1) is 11.8. The van der Waals surface area contributed by atoms with Gasteiger partial charge in [0, 0.05) is 6.20 Å². The number of rotatable bonds is 3. The van der Waals surface area contributed by atoms with Gasteiger partial charge >= 0.3 is 0 Å². The van der Waals surface area contributed by atoms with Crippen LogP contribution in [0.4, 0.5) is 0 Å². The van der Waals surface area contributed by atoms with Crippen molar-refractivity contribution in [3.05, 3.63) is 59.4 Å². The average molecular weight is 269 g/mol. The molecule has 5 heteroatoms. The van der Waals surface area contributed by atoms with Crippen molar-refractivity contribution >= 4 is 27.5 Å². The van der Waals surface area contributed by atoms with Gasteiger partial charge in [-0.25, -0.2) is 4.98 Å². The zero-order valence-electron chi connectivity index (χ0n) is 10.0. The third kappa shape index (κ3) is 2.61. The zero-order valence-corrected chi connectivity index (χ0v) is 10.9. The molecule has 1 amide bonds. The van der Waals surface area contributed by atoms with E-state index in [4.69, 9.17) is 0 Å². The van der Waals surface area contributed by atoms with Crippen LogP contribution in [-0.2, 0) is 6.54 Å². The second-order valence-electron chi connectivity index (χ2n) is 3.97. The van der Waals surface area contributed by atoms with E-state index < -0.39 is 0 Å². The lowest BCUT2D eigenvalue weighted by Crippen LogP contribution is -2.23. The van der Waals surface area contributed by atoms with Gasteiger partial charge in [0.2, 0.25) is 0 Å². The molecule has 0 unspecified atom stereocenters. The van der Waals surface area contributed by atoms with Gasteiger partial charge in [0.15, 0.2) is 0 Å². The van der Waals surface area contributed by atoms with Crippen molar-refractivity contribution in [2.45, 2.75) is 6.54 Å². The summed E-state index contributed by atoms with van der Waals surface area (Å²) >= 11 is 1.59. The minimum Gasteiger partial charge on any atom is -0.344 e. The number of para-hydroxylation sites is 1. The SMILES string of the molecule is O=C(NCc1nc2ccccc2s1)c1ccccn1. The summed E-state index contributed by atoms with van der Waals surface area (Å²) in [5.74, 6) is -0.181. The molecule has 2 aromatic heterocycles. The van der Waals surface area contributed by atoms with E-state index in [1.165, 1.54) is 0 Å². The summed E-state index contributed by atoms with van der Waals surface area (Å²) in [4.78, 5) is 20.3. The van der Waals surface area contributed by atoms with Gasteiger partial charge in [-0.3, -0.25) is 9.78 Å². The Morgan fingerprint density at radius 3 is 2.79 bits per heavy atom. The van der Waals surface area contributed by atoms with E-state index in [0.29, 0.717) is 12.2 Å². The number of fused-ring (bicyclic) bond motifs is 1. The summed E-state index contributed by atoms with van der Waals surface area (Å²) in [6.45, 7) is 0.425. The summed E-state index contributed by atoms with van der Waals surface area (Å²) in [7, 11) is 0. The van der Waals surface area contributed by atoms with Gasteiger partial charge in [0.25, 0.3) is 5.91 Å². The third-order valence-electron chi connectivity index (χ3n) is 2.64. The van der Waals surface area contributed by atoms with Gasteiger partial charge in [-0.1, -0.05) is 18.2 Å². The Morgan fingerprint density at radius 2 is 2.00 bits per heavy atom. The Balaban J connectivity index is 1.71. The average Bonchev–Trinajstić information content (AvgIpc) is 2.88. The molecule has 0 spiro atoms. The zero-order chi connectivity index (χ0) is 13.1. The van der Waals surface area contributed by atoms with E-state index in [2.05, 4.69) is 15.3 Å². The maximum Gasteiger partial charge on any atom is 0.270 e. The van der Waals surface area contributed by atoms with Crippen LogP contribution in [0.3, 0.4) is 0 Å². The highest BCUT2D eigenvalue weighted by molar-refractivity contribution is 7.18. The minimum absolute atomic E-state index is 0.181. The summed E-state index contributed by atoms with van der Waals surface area (Å²) in [5, 5.41) is 3.72. The predicted molar refractivity (Wildman–Crippen MR) is 75.0 cm³/mol. The molecule has 2 heterocycles. The van der Waals surface area contributed by atoms with Crippen molar-refractivity contribution in [2.75, 3.05) is 0 Å². The Morgan fingerprint density at radius 1 is 1.16 bits per heavy atom. The van der Waals surface area contributed by atoms with Crippen LogP contribution in [0.2, 0.25) is 0 Å². The number of aromatic nitrogens is 2. The van der Waals surface area contributed by atoms with E-state index >= 15 is 0 Å². The number of nitrogens with one attached hydrogen (secondary N) is 1. The second-order valence-corrected chi connectivity index (χ2v) is 5.09. The molecule has 94 valence electrons. The number of thiazole rings is 1. The smallest absolute Gasteiger partial charge is 0.270 e. The molecular formula is C14H11N3OS. The van der Waals surface area contributed by atoms with Crippen LogP contribution >= 0.6 is 11.3 Å².